The van der Waals surface area contributed by atoms with Crippen LogP contribution in [0.25, 0.3) is 0 Å². The molecule has 1 N–H and O–H groups in total. The molecule has 1 aromatic rings. The van der Waals surface area contributed by atoms with E-state index in [1.807, 2.05) is 0 Å². The maximum Gasteiger partial charge on any atom is 0.124 e. The second kappa shape index (κ2) is 7.15. The van der Waals surface area contributed by atoms with Crippen molar-refractivity contribution < 1.29 is 8.60 Å². The summed E-state index contributed by atoms with van der Waals surface area (Å²) in [6.07, 6.45) is 5.43. The van der Waals surface area contributed by atoms with Crippen molar-refractivity contribution in [1.29, 1.82) is 0 Å². The van der Waals surface area contributed by atoms with E-state index < -0.39 is 10.8 Å². The Balaban J connectivity index is 2.10. The lowest BCUT2D eigenvalue weighted by Gasteiger charge is -2.31. The Labute approximate surface area is 117 Å². The Kier molecular flexibility index (Phi) is 5.52. The second-order valence-corrected chi connectivity index (χ2v) is 6.81. The Morgan fingerprint density at radius 2 is 2.16 bits per heavy atom. The van der Waals surface area contributed by atoms with Crippen LogP contribution in [0.15, 0.2) is 29.2 Å². The van der Waals surface area contributed by atoms with Gasteiger partial charge in [-0.1, -0.05) is 25.8 Å². The lowest BCUT2D eigenvalue weighted by Crippen LogP contribution is -2.44. The molecule has 2 nitrogen and oxygen atoms in total. The molecule has 1 saturated carbocycles. The molecule has 0 aromatic heterocycles. The van der Waals surface area contributed by atoms with Crippen LogP contribution in [0.4, 0.5) is 4.39 Å². The summed E-state index contributed by atoms with van der Waals surface area (Å²) in [5, 5.41) is 3.61. The zero-order chi connectivity index (χ0) is 13.7. The van der Waals surface area contributed by atoms with Crippen molar-refractivity contribution in [3.63, 3.8) is 0 Å². The van der Waals surface area contributed by atoms with Gasteiger partial charge in [0.2, 0.25) is 0 Å². The van der Waals surface area contributed by atoms with Gasteiger partial charge < -0.3 is 5.32 Å². The highest BCUT2D eigenvalue weighted by molar-refractivity contribution is 7.85. The summed E-state index contributed by atoms with van der Waals surface area (Å²) in [6.45, 7) is 3.09. The van der Waals surface area contributed by atoms with E-state index in [0.29, 0.717) is 10.9 Å². The molecule has 0 spiro atoms. The molecule has 1 fully saturated rings. The largest absolute Gasteiger partial charge is 0.313 e. The molecule has 0 bridgehead atoms. The van der Waals surface area contributed by atoms with E-state index in [4.69, 9.17) is 0 Å². The van der Waals surface area contributed by atoms with Crippen LogP contribution in [0.2, 0.25) is 0 Å². The van der Waals surface area contributed by atoms with Gasteiger partial charge in [0.15, 0.2) is 0 Å². The van der Waals surface area contributed by atoms with Crippen LogP contribution in [0.1, 0.15) is 39.0 Å². The smallest absolute Gasteiger partial charge is 0.124 e. The molecule has 0 amide bonds. The van der Waals surface area contributed by atoms with Gasteiger partial charge in [0.05, 0.1) is 16.0 Å². The number of hydrogen-bond acceptors (Lipinski definition) is 2. The third-order valence-corrected chi connectivity index (χ3v) is 5.50. The van der Waals surface area contributed by atoms with E-state index in [0.717, 1.165) is 32.2 Å². The fourth-order valence-corrected chi connectivity index (χ4v) is 4.39. The van der Waals surface area contributed by atoms with Gasteiger partial charge in [-0.2, -0.15) is 0 Å². The lowest BCUT2D eigenvalue weighted by atomic mass is 9.95. The van der Waals surface area contributed by atoms with Crippen molar-refractivity contribution in [3.05, 3.63) is 30.1 Å². The van der Waals surface area contributed by atoms with Gasteiger partial charge in [-0.15, -0.1) is 0 Å². The van der Waals surface area contributed by atoms with Gasteiger partial charge in [0, 0.05) is 10.9 Å². The van der Waals surface area contributed by atoms with Crippen molar-refractivity contribution in [2.45, 2.75) is 55.2 Å². The summed E-state index contributed by atoms with van der Waals surface area (Å²) < 4.78 is 25.9. The molecule has 0 heterocycles. The normalized spacial score (nSPS) is 25.2. The average molecular weight is 283 g/mol. The summed E-state index contributed by atoms with van der Waals surface area (Å²) in [5.74, 6) is -0.306. The molecule has 3 atom stereocenters. The van der Waals surface area contributed by atoms with Crippen molar-refractivity contribution >= 4 is 10.8 Å². The number of rotatable bonds is 5. The van der Waals surface area contributed by atoms with E-state index in [1.165, 1.54) is 18.6 Å². The minimum Gasteiger partial charge on any atom is -0.313 e. The average Bonchev–Trinajstić information content (AvgIpc) is 2.44. The first-order chi connectivity index (χ1) is 9.22. The van der Waals surface area contributed by atoms with Gasteiger partial charge in [-0.3, -0.25) is 4.21 Å². The highest BCUT2D eigenvalue weighted by Crippen LogP contribution is 2.26. The first kappa shape index (κ1) is 14.7. The molecular formula is C15H22FNOS. The topological polar surface area (TPSA) is 29.1 Å². The van der Waals surface area contributed by atoms with Crippen LogP contribution in [0.3, 0.4) is 0 Å². The van der Waals surface area contributed by atoms with Crippen molar-refractivity contribution in [2.24, 2.45) is 0 Å². The van der Waals surface area contributed by atoms with Gasteiger partial charge in [-0.25, -0.2) is 4.39 Å². The molecule has 2 rings (SSSR count). The van der Waals surface area contributed by atoms with Gasteiger partial charge in [0.25, 0.3) is 0 Å². The van der Waals surface area contributed by atoms with Crippen molar-refractivity contribution in [1.82, 2.24) is 5.32 Å². The third-order valence-electron chi connectivity index (χ3n) is 3.66. The van der Waals surface area contributed by atoms with Crippen LogP contribution < -0.4 is 5.32 Å². The maximum absolute atomic E-state index is 13.2. The molecule has 1 aliphatic rings. The molecule has 19 heavy (non-hydrogen) atoms. The van der Waals surface area contributed by atoms with E-state index in [1.54, 1.807) is 12.1 Å². The minimum atomic E-state index is -1.12. The number of nitrogens with one attached hydrogen (secondary N) is 1. The quantitative estimate of drug-likeness (QED) is 0.899. The molecule has 1 aliphatic carbocycles. The predicted octanol–water partition coefficient (Wildman–Crippen LogP) is 3.24. The molecule has 106 valence electrons. The Bertz CT molecular complexity index is 438. The summed E-state index contributed by atoms with van der Waals surface area (Å²) in [7, 11) is -1.12. The highest BCUT2D eigenvalue weighted by atomic mass is 32.2. The van der Waals surface area contributed by atoms with Gasteiger partial charge in [-0.05, 0) is 44.0 Å². The molecular weight excluding hydrogens is 261 g/mol. The Morgan fingerprint density at radius 3 is 2.89 bits per heavy atom. The molecule has 0 saturated heterocycles. The lowest BCUT2D eigenvalue weighted by molar-refractivity contribution is 0.379. The first-order valence-electron chi connectivity index (χ1n) is 7.12. The monoisotopic (exact) mass is 283 g/mol. The summed E-state index contributed by atoms with van der Waals surface area (Å²) in [5.41, 5.74) is 0. The Hall–Kier alpha value is -0.740. The Morgan fingerprint density at radius 1 is 1.37 bits per heavy atom. The van der Waals surface area contributed by atoms with Crippen molar-refractivity contribution in [2.75, 3.05) is 6.54 Å². The summed E-state index contributed by atoms with van der Waals surface area (Å²) >= 11 is 0. The fourth-order valence-electron chi connectivity index (χ4n) is 2.68. The van der Waals surface area contributed by atoms with Gasteiger partial charge in [0.1, 0.15) is 5.82 Å². The highest BCUT2D eigenvalue weighted by Gasteiger charge is 2.30. The summed E-state index contributed by atoms with van der Waals surface area (Å²) in [6, 6.07) is 6.51. The number of halogens is 1. The van der Waals surface area contributed by atoms with E-state index in [2.05, 4.69) is 12.2 Å². The van der Waals surface area contributed by atoms with Crippen LogP contribution in [-0.4, -0.2) is 22.0 Å². The maximum atomic E-state index is 13.2. The first-order valence-corrected chi connectivity index (χ1v) is 8.33. The number of hydrogen-bond donors (Lipinski definition) is 1. The van der Waals surface area contributed by atoms with Crippen molar-refractivity contribution in [3.8, 4) is 0 Å². The standard InChI is InChI=1S/C15H22FNOS/c1-2-10-17-14-8-3-4-9-15(14)19(18)13-7-5-6-12(16)11-13/h5-7,11,14-15,17H,2-4,8-10H2,1H3. The third kappa shape index (κ3) is 3.86. The zero-order valence-electron chi connectivity index (χ0n) is 11.4. The van der Waals surface area contributed by atoms with Crippen LogP contribution in [0.5, 0.6) is 0 Å². The number of benzene rings is 1. The fraction of sp³-hybridized carbons (Fsp3) is 0.600. The van der Waals surface area contributed by atoms with E-state index in [9.17, 15) is 8.60 Å². The van der Waals surface area contributed by atoms with Crippen LogP contribution in [-0.2, 0) is 10.8 Å². The van der Waals surface area contributed by atoms with Crippen LogP contribution in [0, 0.1) is 5.82 Å². The zero-order valence-corrected chi connectivity index (χ0v) is 12.2. The van der Waals surface area contributed by atoms with Crippen LogP contribution >= 0.6 is 0 Å². The van der Waals surface area contributed by atoms with E-state index >= 15 is 0 Å². The van der Waals surface area contributed by atoms with Gasteiger partial charge >= 0.3 is 0 Å². The molecule has 0 aliphatic heterocycles. The SMILES string of the molecule is CCCNC1CCCCC1S(=O)c1cccc(F)c1. The molecule has 4 heteroatoms. The molecule has 3 unspecified atom stereocenters. The minimum absolute atomic E-state index is 0.113. The molecule has 1 aromatic carbocycles. The van der Waals surface area contributed by atoms with E-state index in [-0.39, 0.29) is 11.1 Å². The summed E-state index contributed by atoms with van der Waals surface area (Å²) in [4.78, 5) is 0.621. The predicted molar refractivity (Wildman–Crippen MR) is 77.1 cm³/mol. The second-order valence-electron chi connectivity index (χ2n) is 5.14. The molecule has 0 radical (unpaired) electrons.